The van der Waals surface area contributed by atoms with Gasteiger partial charge in [-0.2, -0.15) is 0 Å². The van der Waals surface area contributed by atoms with Crippen LogP contribution in [0.25, 0.3) is 6.08 Å². The van der Waals surface area contributed by atoms with Crippen LogP contribution in [0, 0.1) is 6.92 Å². The summed E-state index contributed by atoms with van der Waals surface area (Å²) in [7, 11) is 0. The molecule has 38 heavy (non-hydrogen) atoms. The lowest BCUT2D eigenvalue weighted by molar-refractivity contribution is -0.164. The zero-order valence-electron chi connectivity index (χ0n) is 21.7. The third kappa shape index (κ3) is 9.85. The molecule has 0 aliphatic rings. The summed E-state index contributed by atoms with van der Waals surface area (Å²) in [6, 6.07) is 10.7. The van der Waals surface area contributed by atoms with Gasteiger partial charge in [-0.3, -0.25) is 0 Å². The molecule has 0 aliphatic carbocycles. The minimum absolute atomic E-state index is 0.00191. The van der Waals surface area contributed by atoms with Gasteiger partial charge in [0.15, 0.2) is 11.5 Å². The van der Waals surface area contributed by atoms with Crippen LogP contribution in [0.2, 0.25) is 0 Å². The molecule has 0 bridgehead atoms. The molecule has 0 aliphatic heterocycles. The van der Waals surface area contributed by atoms with Crippen molar-refractivity contribution in [3.8, 4) is 17.2 Å². The SMILES string of the molecule is C=CCOC(=O)C(Cc1ccc(C)c(OCC=C)c1)OC(=O)/C=C/c1ccc(OCC=C)c(OCC=C)c1. The predicted molar refractivity (Wildman–Crippen MR) is 148 cm³/mol. The molecule has 1 atom stereocenters. The van der Waals surface area contributed by atoms with Gasteiger partial charge in [-0.1, -0.05) is 68.8 Å². The maximum absolute atomic E-state index is 12.7. The van der Waals surface area contributed by atoms with E-state index in [1.165, 1.54) is 12.2 Å². The Balaban J connectivity index is 2.19. The first-order valence-corrected chi connectivity index (χ1v) is 12.0. The smallest absolute Gasteiger partial charge is 0.348 e. The maximum atomic E-state index is 12.7. The fourth-order valence-corrected chi connectivity index (χ4v) is 3.20. The Morgan fingerprint density at radius 2 is 1.42 bits per heavy atom. The molecule has 0 fully saturated rings. The topological polar surface area (TPSA) is 80.3 Å². The predicted octanol–water partition coefficient (Wildman–Crippen LogP) is 5.59. The van der Waals surface area contributed by atoms with Gasteiger partial charge in [-0.15, -0.1) is 0 Å². The van der Waals surface area contributed by atoms with E-state index >= 15 is 0 Å². The molecule has 2 aromatic carbocycles. The highest BCUT2D eigenvalue weighted by Gasteiger charge is 2.24. The van der Waals surface area contributed by atoms with Crippen LogP contribution in [-0.4, -0.2) is 44.5 Å². The van der Waals surface area contributed by atoms with Crippen molar-refractivity contribution in [1.29, 1.82) is 0 Å². The van der Waals surface area contributed by atoms with Crippen molar-refractivity contribution in [2.75, 3.05) is 26.4 Å². The molecular formula is C31H34O7. The monoisotopic (exact) mass is 518 g/mol. The lowest BCUT2D eigenvalue weighted by Crippen LogP contribution is -2.31. The first-order chi connectivity index (χ1) is 18.4. The maximum Gasteiger partial charge on any atom is 0.348 e. The number of ether oxygens (including phenoxy) is 5. The van der Waals surface area contributed by atoms with Crippen molar-refractivity contribution in [3.63, 3.8) is 0 Å². The van der Waals surface area contributed by atoms with Gasteiger partial charge < -0.3 is 23.7 Å². The second kappa shape index (κ2) is 16.3. The van der Waals surface area contributed by atoms with E-state index in [9.17, 15) is 9.59 Å². The van der Waals surface area contributed by atoms with Crippen molar-refractivity contribution < 1.29 is 33.3 Å². The number of esters is 2. The minimum Gasteiger partial charge on any atom is -0.489 e. The summed E-state index contributed by atoms with van der Waals surface area (Å²) >= 11 is 0. The molecule has 0 saturated carbocycles. The normalized spacial score (nSPS) is 11.2. The molecule has 0 N–H and O–H groups in total. The minimum atomic E-state index is -1.16. The molecule has 0 aromatic heterocycles. The largest absolute Gasteiger partial charge is 0.489 e. The zero-order valence-corrected chi connectivity index (χ0v) is 21.7. The molecule has 1 unspecified atom stereocenters. The number of carbonyl (C=O) groups is 2. The Bertz CT molecular complexity index is 1160. The Labute approximate surface area is 224 Å². The van der Waals surface area contributed by atoms with Gasteiger partial charge in [0.05, 0.1) is 0 Å². The summed E-state index contributed by atoms with van der Waals surface area (Å²) in [4.78, 5) is 25.3. The fraction of sp³-hybridized carbons (Fsp3) is 0.226. The van der Waals surface area contributed by atoms with E-state index in [1.54, 1.807) is 48.6 Å². The Morgan fingerprint density at radius 3 is 2.08 bits per heavy atom. The van der Waals surface area contributed by atoms with Crippen molar-refractivity contribution in [3.05, 3.63) is 110 Å². The van der Waals surface area contributed by atoms with E-state index in [0.717, 1.165) is 11.1 Å². The standard InChI is InChI=1S/C31H34O7/c1-6-16-34-26-14-12-24(20-28(26)36-18-8-3)13-15-30(32)38-29(31(33)37-19-9-4)22-25-11-10-23(5)27(21-25)35-17-7-2/h6-15,20-21,29H,1-4,16-19,22H2,5H3/b15-13+. The summed E-state index contributed by atoms with van der Waals surface area (Å²) < 4.78 is 27.6. The van der Waals surface area contributed by atoms with Gasteiger partial charge in [0.25, 0.3) is 0 Å². The van der Waals surface area contributed by atoms with E-state index in [1.807, 2.05) is 19.1 Å². The molecule has 0 radical (unpaired) electrons. The third-order valence-corrected chi connectivity index (χ3v) is 4.99. The van der Waals surface area contributed by atoms with Crippen LogP contribution in [0.4, 0.5) is 0 Å². The van der Waals surface area contributed by atoms with Crippen LogP contribution in [0.15, 0.2) is 93.1 Å². The zero-order chi connectivity index (χ0) is 27.8. The summed E-state index contributed by atoms with van der Waals surface area (Å²) in [5, 5.41) is 0. The van der Waals surface area contributed by atoms with Crippen molar-refractivity contribution in [1.82, 2.24) is 0 Å². The third-order valence-electron chi connectivity index (χ3n) is 4.99. The molecular weight excluding hydrogens is 484 g/mol. The number of benzene rings is 2. The number of aryl methyl sites for hydroxylation is 1. The van der Waals surface area contributed by atoms with E-state index < -0.39 is 18.0 Å². The average Bonchev–Trinajstić information content (AvgIpc) is 2.92. The summed E-state index contributed by atoms with van der Waals surface area (Å²) in [6.07, 6.45) is 8.06. The lowest BCUT2D eigenvalue weighted by Gasteiger charge is -2.17. The van der Waals surface area contributed by atoms with E-state index in [0.29, 0.717) is 36.0 Å². The summed E-state index contributed by atoms with van der Waals surface area (Å²) in [6.45, 7) is 17.4. The van der Waals surface area contributed by atoms with Crippen LogP contribution < -0.4 is 14.2 Å². The van der Waals surface area contributed by atoms with Gasteiger partial charge in [-0.25, -0.2) is 9.59 Å². The highest BCUT2D eigenvalue weighted by Crippen LogP contribution is 2.29. The van der Waals surface area contributed by atoms with Crippen molar-refractivity contribution in [2.45, 2.75) is 19.4 Å². The van der Waals surface area contributed by atoms with Crippen LogP contribution in [0.3, 0.4) is 0 Å². The van der Waals surface area contributed by atoms with E-state index in [4.69, 9.17) is 23.7 Å². The van der Waals surface area contributed by atoms with Crippen LogP contribution in [0.1, 0.15) is 16.7 Å². The van der Waals surface area contributed by atoms with E-state index in [-0.39, 0.29) is 19.6 Å². The molecule has 0 saturated heterocycles. The van der Waals surface area contributed by atoms with E-state index in [2.05, 4.69) is 26.3 Å². The first-order valence-electron chi connectivity index (χ1n) is 12.0. The van der Waals surface area contributed by atoms with Crippen LogP contribution >= 0.6 is 0 Å². The Kier molecular flexibility index (Phi) is 12.7. The van der Waals surface area contributed by atoms with Crippen molar-refractivity contribution >= 4 is 18.0 Å². The van der Waals surface area contributed by atoms with Gasteiger partial charge in [0, 0.05) is 12.5 Å². The molecule has 7 nitrogen and oxygen atoms in total. The fourth-order valence-electron chi connectivity index (χ4n) is 3.20. The highest BCUT2D eigenvalue weighted by atomic mass is 16.6. The lowest BCUT2D eigenvalue weighted by atomic mass is 10.0. The number of hydrogen-bond acceptors (Lipinski definition) is 7. The molecule has 0 heterocycles. The Morgan fingerprint density at radius 1 is 0.789 bits per heavy atom. The van der Waals surface area contributed by atoms with Gasteiger partial charge >= 0.3 is 11.9 Å². The van der Waals surface area contributed by atoms with Crippen LogP contribution in [0.5, 0.6) is 17.2 Å². The summed E-state index contributed by atoms with van der Waals surface area (Å²) in [5.41, 5.74) is 2.34. The number of rotatable bonds is 17. The average molecular weight is 519 g/mol. The van der Waals surface area contributed by atoms with Crippen LogP contribution in [-0.2, 0) is 25.5 Å². The highest BCUT2D eigenvalue weighted by molar-refractivity contribution is 5.89. The molecule has 2 aromatic rings. The van der Waals surface area contributed by atoms with Crippen molar-refractivity contribution in [2.24, 2.45) is 0 Å². The van der Waals surface area contributed by atoms with Gasteiger partial charge in [0.2, 0.25) is 6.10 Å². The molecule has 7 heteroatoms. The Hall–Kier alpha value is -4.52. The quantitative estimate of drug-likeness (QED) is 0.153. The second-order valence-electron chi connectivity index (χ2n) is 7.99. The number of hydrogen-bond donors (Lipinski definition) is 0. The molecule has 2 rings (SSSR count). The molecule has 0 amide bonds. The van der Waals surface area contributed by atoms with Gasteiger partial charge in [-0.05, 0) is 47.9 Å². The molecule has 200 valence electrons. The summed E-state index contributed by atoms with van der Waals surface area (Å²) in [5.74, 6) is 0.292. The first kappa shape index (κ1) is 29.7. The second-order valence-corrected chi connectivity index (χ2v) is 7.99. The van der Waals surface area contributed by atoms with Gasteiger partial charge in [0.1, 0.15) is 32.2 Å². The molecule has 0 spiro atoms. The number of carbonyl (C=O) groups excluding carboxylic acids is 2.